The number of benzene rings is 2. The molecule has 0 aliphatic heterocycles. The molecule has 2 aromatic carbocycles. The molecule has 0 heterocycles. The van der Waals surface area contributed by atoms with Gasteiger partial charge in [0.25, 0.3) is 17.5 Å². The molecule has 0 aliphatic carbocycles. The van der Waals surface area contributed by atoms with Crippen molar-refractivity contribution < 1.29 is 19.2 Å². The molecular weight excluding hydrogens is 362 g/mol. The third kappa shape index (κ3) is 5.29. The van der Waals surface area contributed by atoms with Crippen molar-refractivity contribution in [2.75, 3.05) is 6.61 Å². The largest absolute Gasteiger partial charge is 0.483 e. The number of nitrogens with zero attached hydrogens (tertiary/aromatic N) is 1. The van der Waals surface area contributed by atoms with Gasteiger partial charge in [-0.1, -0.05) is 26.0 Å². The number of amides is 2. The minimum absolute atomic E-state index is 0.0758. The van der Waals surface area contributed by atoms with E-state index in [0.29, 0.717) is 11.3 Å². The fourth-order valence-electron chi connectivity index (χ4n) is 2.62. The van der Waals surface area contributed by atoms with E-state index < -0.39 is 16.7 Å². The van der Waals surface area contributed by atoms with Crippen LogP contribution in [0.1, 0.15) is 46.8 Å². The molecule has 2 amide bonds. The Bertz CT molecular complexity index is 909. The van der Waals surface area contributed by atoms with Crippen molar-refractivity contribution in [3.05, 3.63) is 68.8 Å². The van der Waals surface area contributed by atoms with E-state index in [4.69, 9.17) is 4.74 Å². The third-order valence-corrected chi connectivity index (χ3v) is 4.12. The molecule has 0 atom stereocenters. The summed E-state index contributed by atoms with van der Waals surface area (Å²) in [5.74, 6) is -0.237. The van der Waals surface area contributed by atoms with Crippen LogP contribution in [0.15, 0.2) is 36.4 Å². The van der Waals surface area contributed by atoms with E-state index in [2.05, 4.69) is 10.9 Å². The van der Waals surface area contributed by atoms with E-state index in [0.717, 1.165) is 11.1 Å². The number of hydrogen-bond acceptors (Lipinski definition) is 5. The molecule has 148 valence electrons. The Kier molecular flexibility index (Phi) is 6.70. The first-order valence-electron chi connectivity index (χ1n) is 8.76. The monoisotopic (exact) mass is 385 g/mol. The molecule has 28 heavy (non-hydrogen) atoms. The summed E-state index contributed by atoms with van der Waals surface area (Å²) < 4.78 is 5.60. The number of carbonyl (C=O) groups excluding carboxylic acids is 2. The summed E-state index contributed by atoms with van der Waals surface area (Å²) in [5.41, 5.74) is 7.03. The van der Waals surface area contributed by atoms with Gasteiger partial charge in [0, 0.05) is 17.2 Å². The fraction of sp³-hybridized carbons (Fsp3) is 0.300. The molecule has 0 radical (unpaired) electrons. The first-order chi connectivity index (χ1) is 13.2. The second-order valence-electron chi connectivity index (χ2n) is 6.75. The van der Waals surface area contributed by atoms with Gasteiger partial charge in [0.1, 0.15) is 5.75 Å². The van der Waals surface area contributed by atoms with Crippen LogP contribution in [0.3, 0.4) is 0 Å². The van der Waals surface area contributed by atoms with Gasteiger partial charge in [0.2, 0.25) is 0 Å². The number of rotatable bonds is 6. The zero-order valence-corrected chi connectivity index (χ0v) is 16.2. The summed E-state index contributed by atoms with van der Waals surface area (Å²) in [4.78, 5) is 34.4. The third-order valence-electron chi connectivity index (χ3n) is 4.12. The number of aryl methyl sites for hydroxylation is 2. The van der Waals surface area contributed by atoms with Crippen molar-refractivity contribution in [1.82, 2.24) is 10.9 Å². The highest BCUT2D eigenvalue weighted by Crippen LogP contribution is 2.27. The number of nitro benzene ring substituents is 1. The maximum Gasteiger partial charge on any atom is 0.276 e. The van der Waals surface area contributed by atoms with E-state index >= 15 is 0 Å². The summed E-state index contributed by atoms with van der Waals surface area (Å²) >= 11 is 0. The predicted octanol–water partition coefficient (Wildman–Crippen LogP) is 3.18. The lowest BCUT2D eigenvalue weighted by molar-refractivity contribution is -0.385. The Morgan fingerprint density at radius 2 is 1.82 bits per heavy atom. The Morgan fingerprint density at radius 1 is 1.11 bits per heavy atom. The van der Waals surface area contributed by atoms with Crippen LogP contribution >= 0.6 is 0 Å². The van der Waals surface area contributed by atoms with E-state index in [1.54, 1.807) is 0 Å². The van der Waals surface area contributed by atoms with Crippen LogP contribution in [0.2, 0.25) is 0 Å². The Morgan fingerprint density at radius 3 is 2.43 bits per heavy atom. The molecule has 0 saturated carbocycles. The van der Waals surface area contributed by atoms with Gasteiger partial charge in [-0.05, 0) is 49.1 Å². The van der Waals surface area contributed by atoms with Crippen molar-refractivity contribution in [3.63, 3.8) is 0 Å². The first-order valence-corrected chi connectivity index (χ1v) is 8.76. The molecule has 8 heteroatoms. The van der Waals surface area contributed by atoms with E-state index in [-0.39, 0.29) is 23.8 Å². The van der Waals surface area contributed by atoms with Gasteiger partial charge in [-0.25, -0.2) is 0 Å². The lowest BCUT2D eigenvalue weighted by Gasteiger charge is -2.15. The zero-order valence-electron chi connectivity index (χ0n) is 16.2. The van der Waals surface area contributed by atoms with Gasteiger partial charge in [0.15, 0.2) is 6.61 Å². The van der Waals surface area contributed by atoms with E-state index in [1.165, 1.54) is 25.1 Å². The molecule has 0 spiro atoms. The van der Waals surface area contributed by atoms with Crippen molar-refractivity contribution in [2.24, 2.45) is 0 Å². The molecule has 0 aromatic heterocycles. The highest BCUT2D eigenvalue weighted by molar-refractivity contribution is 5.95. The van der Waals surface area contributed by atoms with Crippen LogP contribution in [0.25, 0.3) is 0 Å². The Balaban J connectivity index is 1.93. The summed E-state index contributed by atoms with van der Waals surface area (Å²) in [5, 5.41) is 10.8. The molecule has 2 N–H and O–H groups in total. The SMILES string of the molecule is Cc1ccc(C(C)C)c(OCC(=O)NNC(=O)c2ccc([N+](=O)[O-])c(C)c2)c1. The van der Waals surface area contributed by atoms with Crippen molar-refractivity contribution in [3.8, 4) is 5.75 Å². The molecule has 0 fully saturated rings. The fourth-order valence-corrected chi connectivity index (χ4v) is 2.62. The summed E-state index contributed by atoms with van der Waals surface area (Å²) in [6, 6.07) is 9.77. The van der Waals surface area contributed by atoms with Crippen LogP contribution in [0.4, 0.5) is 5.69 Å². The number of nitrogens with one attached hydrogen (secondary N) is 2. The average Bonchev–Trinajstić information content (AvgIpc) is 2.63. The second kappa shape index (κ2) is 8.98. The lowest BCUT2D eigenvalue weighted by Crippen LogP contribution is -2.43. The lowest BCUT2D eigenvalue weighted by atomic mass is 10.0. The standard InChI is InChI=1S/C20H23N3O5/c1-12(2)16-7-5-13(3)9-18(16)28-11-19(24)21-22-20(25)15-6-8-17(23(26)27)14(4)10-15/h5-10,12H,11H2,1-4H3,(H,21,24)(H,22,25). The number of hydrazine groups is 1. The van der Waals surface area contributed by atoms with Crippen LogP contribution in [-0.2, 0) is 4.79 Å². The molecule has 2 rings (SSSR count). The molecular formula is C20H23N3O5. The number of nitro groups is 1. The summed E-state index contributed by atoms with van der Waals surface area (Å²) in [6.07, 6.45) is 0. The van der Waals surface area contributed by atoms with Gasteiger partial charge < -0.3 is 4.74 Å². The Labute approximate surface area is 163 Å². The van der Waals surface area contributed by atoms with Gasteiger partial charge in [-0.3, -0.25) is 30.6 Å². The van der Waals surface area contributed by atoms with Crippen molar-refractivity contribution >= 4 is 17.5 Å². The van der Waals surface area contributed by atoms with Gasteiger partial charge >= 0.3 is 0 Å². The molecule has 0 saturated heterocycles. The number of hydrogen-bond donors (Lipinski definition) is 2. The van der Waals surface area contributed by atoms with Crippen LogP contribution < -0.4 is 15.6 Å². The first kappa shape index (κ1) is 20.9. The summed E-state index contributed by atoms with van der Waals surface area (Å²) in [7, 11) is 0. The second-order valence-corrected chi connectivity index (χ2v) is 6.75. The van der Waals surface area contributed by atoms with Gasteiger partial charge in [0.05, 0.1) is 4.92 Å². The number of carbonyl (C=O) groups is 2. The van der Waals surface area contributed by atoms with Gasteiger partial charge in [-0.2, -0.15) is 0 Å². The molecule has 0 unspecified atom stereocenters. The van der Waals surface area contributed by atoms with E-state index in [9.17, 15) is 19.7 Å². The van der Waals surface area contributed by atoms with Crippen LogP contribution in [0.5, 0.6) is 5.75 Å². The molecule has 8 nitrogen and oxygen atoms in total. The topological polar surface area (TPSA) is 111 Å². The average molecular weight is 385 g/mol. The zero-order chi connectivity index (χ0) is 20.8. The van der Waals surface area contributed by atoms with Crippen LogP contribution in [-0.4, -0.2) is 23.3 Å². The smallest absolute Gasteiger partial charge is 0.276 e. The quantitative estimate of drug-likeness (QED) is 0.586. The number of ether oxygens (including phenoxy) is 1. The maximum atomic E-state index is 12.1. The van der Waals surface area contributed by atoms with Gasteiger partial charge in [-0.15, -0.1) is 0 Å². The highest BCUT2D eigenvalue weighted by Gasteiger charge is 2.15. The van der Waals surface area contributed by atoms with Crippen molar-refractivity contribution in [1.29, 1.82) is 0 Å². The maximum absolute atomic E-state index is 12.1. The van der Waals surface area contributed by atoms with E-state index in [1.807, 2.05) is 39.0 Å². The normalized spacial score (nSPS) is 10.5. The predicted molar refractivity (Wildman–Crippen MR) is 104 cm³/mol. The molecule has 0 aliphatic rings. The molecule has 0 bridgehead atoms. The minimum atomic E-state index is -0.579. The summed E-state index contributed by atoms with van der Waals surface area (Å²) in [6.45, 7) is 7.27. The molecule has 2 aromatic rings. The van der Waals surface area contributed by atoms with Crippen LogP contribution in [0, 0.1) is 24.0 Å². The minimum Gasteiger partial charge on any atom is -0.483 e. The highest BCUT2D eigenvalue weighted by atomic mass is 16.6. The van der Waals surface area contributed by atoms with Crippen molar-refractivity contribution in [2.45, 2.75) is 33.6 Å². The Hall–Kier alpha value is -3.42.